The van der Waals surface area contributed by atoms with Crippen molar-refractivity contribution in [2.45, 2.75) is 30.1 Å². The van der Waals surface area contributed by atoms with Crippen LogP contribution in [0.15, 0.2) is 59.8 Å². The van der Waals surface area contributed by atoms with Crippen LogP contribution in [0, 0.1) is 5.82 Å². The molecule has 0 bridgehead atoms. The summed E-state index contributed by atoms with van der Waals surface area (Å²) in [6, 6.07) is 10.2. The quantitative estimate of drug-likeness (QED) is 0.361. The molecule has 198 valence electrons. The zero-order valence-corrected chi connectivity index (χ0v) is 20.8. The number of methoxy groups -OCH3 is 1. The van der Waals surface area contributed by atoms with Gasteiger partial charge < -0.3 is 18.8 Å². The molecule has 0 aliphatic carbocycles. The predicted octanol–water partition coefficient (Wildman–Crippen LogP) is 4.59. The summed E-state index contributed by atoms with van der Waals surface area (Å²) in [7, 11) is -2.45. The fraction of sp³-hybridized carbons (Fsp3) is 0.280. The first-order valence-electron chi connectivity index (χ1n) is 11.7. The highest BCUT2D eigenvalue weighted by Crippen LogP contribution is 2.43. The molecule has 2 aromatic heterocycles. The Labute approximate surface area is 215 Å². The van der Waals surface area contributed by atoms with Crippen molar-refractivity contribution in [3.8, 4) is 28.6 Å². The van der Waals surface area contributed by atoms with Crippen LogP contribution in [-0.2, 0) is 10.0 Å². The van der Waals surface area contributed by atoms with E-state index in [0.717, 1.165) is 23.8 Å². The van der Waals surface area contributed by atoms with Gasteiger partial charge in [0.05, 0.1) is 34.8 Å². The molecule has 2 aliphatic rings. The molecule has 0 radical (unpaired) electrons. The lowest BCUT2D eigenvalue weighted by Crippen LogP contribution is -2.39. The van der Waals surface area contributed by atoms with Crippen molar-refractivity contribution in [1.29, 1.82) is 0 Å². The molecule has 0 amide bonds. The topological polar surface area (TPSA) is 95.8 Å². The molecule has 0 atom stereocenters. The lowest BCUT2D eigenvalue weighted by atomic mass is 10.1. The Morgan fingerprint density at radius 3 is 2.55 bits per heavy atom. The van der Waals surface area contributed by atoms with Gasteiger partial charge in [0.1, 0.15) is 11.6 Å². The smallest absolute Gasteiger partial charge is 0.497 e. The average Bonchev–Trinajstić information content (AvgIpc) is 3.43. The second-order valence-corrected chi connectivity index (χ2v) is 10.9. The van der Waals surface area contributed by atoms with Gasteiger partial charge in [-0.3, -0.25) is 4.98 Å². The summed E-state index contributed by atoms with van der Waals surface area (Å²) in [6.45, 7) is 0.317. The molecular formula is C25H21F3N4O5S. The summed E-state index contributed by atoms with van der Waals surface area (Å²) in [5.41, 5.74) is 1.65. The van der Waals surface area contributed by atoms with E-state index in [4.69, 9.17) is 4.74 Å². The number of ether oxygens (including phenoxy) is 3. The van der Waals surface area contributed by atoms with Gasteiger partial charge in [-0.2, -0.15) is 4.31 Å². The number of benzene rings is 2. The maximum absolute atomic E-state index is 14.8. The Kier molecular flexibility index (Phi) is 5.72. The maximum atomic E-state index is 14.8. The van der Waals surface area contributed by atoms with E-state index in [-0.39, 0.29) is 41.1 Å². The van der Waals surface area contributed by atoms with Crippen molar-refractivity contribution in [1.82, 2.24) is 18.8 Å². The number of piperidine rings is 1. The molecule has 0 N–H and O–H groups in total. The van der Waals surface area contributed by atoms with E-state index in [1.807, 2.05) is 10.6 Å². The van der Waals surface area contributed by atoms with Gasteiger partial charge in [0.25, 0.3) is 0 Å². The summed E-state index contributed by atoms with van der Waals surface area (Å²) in [4.78, 5) is 8.34. The van der Waals surface area contributed by atoms with Crippen LogP contribution in [0.5, 0.6) is 17.2 Å². The molecular weight excluding hydrogens is 525 g/mol. The summed E-state index contributed by atoms with van der Waals surface area (Å²) in [5, 5.41) is 0. The highest BCUT2D eigenvalue weighted by atomic mass is 32.2. The third-order valence-electron chi connectivity index (χ3n) is 6.71. The number of nitrogens with zero attached hydrogens (tertiary/aromatic N) is 4. The van der Waals surface area contributed by atoms with Crippen molar-refractivity contribution >= 4 is 21.1 Å². The van der Waals surface area contributed by atoms with Gasteiger partial charge in [0, 0.05) is 37.5 Å². The van der Waals surface area contributed by atoms with Crippen molar-refractivity contribution in [3.63, 3.8) is 0 Å². The third-order valence-corrected chi connectivity index (χ3v) is 8.60. The first kappa shape index (κ1) is 24.5. The number of rotatable bonds is 5. The van der Waals surface area contributed by atoms with Crippen LogP contribution in [0.3, 0.4) is 0 Å². The molecule has 38 heavy (non-hydrogen) atoms. The lowest BCUT2D eigenvalue weighted by Gasteiger charge is -2.33. The first-order valence-corrected chi connectivity index (χ1v) is 13.2. The van der Waals surface area contributed by atoms with Crippen LogP contribution in [-0.4, -0.2) is 53.8 Å². The minimum Gasteiger partial charge on any atom is -0.497 e. The van der Waals surface area contributed by atoms with Crippen LogP contribution in [0.1, 0.15) is 18.9 Å². The second kappa shape index (κ2) is 8.88. The number of hydrogen-bond acceptors (Lipinski definition) is 7. The van der Waals surface area contributed by atoms with Crippen molar-refractivity contribution in [2.24, 2.45) is 0 Å². The van der Waals surface area contributed by atoms with E-state index in [0.29, 0.717) is 29.9 Å². The van der Waals surface area contributed by atoms with E-state index in [1.165, 1.54) is 16.6 Å². The molecule has 0 saturated carbocycles. The van der Waals surface area contributed by atoms with Crippen molar-refractivity contribution in [2.75, 3.05) is 20.2 Å². The standard InChI is InChI=1S/C25H21F3N4O5S/c1-35-16-2-4-21-20(12-16)30-24(18-6-9-29-14-19(18)26)32(21)15-7-10-31(11-8-15)38(33,34)17-3-5-22-23(13-17)37-25(27,28)36-22/h2-6,9,12-15H,7-8,10-11H2,1H3. The SMILES string of the molecule is COc1ccc2c(c1)nc(-c1ccncc1F)n2C1CCN(S(=O)(=O)c2ccc3c(c2)OC(F)(F)O3)CC1. The maximum Gasteiger partial charge on any atom is 0.586 e. The Morgan fingerprint density at radius 2 is 1.82 bits per heavy atom. The largest absolute Gasteiger partial charge is 0.586 e. The fourth-order valence-corrected chi connectivity index (χ4v) is 6.39. The first-order chi connectivity index (χ1) is 18.2. The number of pyridine rings is 1. The van der Waals surface area contributed by atoms with Gasteiger partial charge in [-0.05, 0) is 43.2 Å². The highest BCUT2D eigenvalue weighted by Gasteiger charge is 2.44. The van der Waals surface area contributed by atoms with E-state index in [2.05, 4.69) is 19.4 Å². The lowest BCUT2D eigenvalue weighted by molar-refractivity contribution is -0.286. The van der Waals surface area contributed by atoms with Crippen LogP contribution >= 0.6 is 0 Å². The van der Waals surface area contributed by atoms with E-state index < -0.39 is 22.1 Å². The molecule has 0 spiro atoms. The van der Waals surface area contributed by atoms with Gasteiger partial charge in [0.2, 0.25) is 10.0 Å². The number of halogens is 3. The molecule has 9 nitrogen and oxygen atoms in total. The minimum atomic E-state index is -3.99. The van der Waals surface area contributed by atoms with Crippen molar-refractivity contribution < 1.29 is 35.8 Å². The summed E-state index contributed by atoms with van der Waals surface area (Å²) in [5.74, 6) is -0.0793. The Bertz CT molecular complexity index is 1650. The van der Waals surface area contributed by atoms with Gasteiger partial charge in [-0.1, -0.05) is 0 Å². The molecule has 1 fully saturated rings. The number of imidazole rings is 1. The number of fused-ring (bicyclic) bond motifs is 2. The second-order valence-electron chi connectivity index (χ2n) is 8.93. The van der Waals surface area contributed by atoms with Gasteiger partial charge in [-0.15, -0.1) is 8.78 Å². The Morgan fingerprint density at radius 1 is 1.05 bits per heavy atom. The number of aromatic nitrogens is 3. The zero-order chi connectivity index (χ0) is 26.7. The molecule has 0 unspecified atom stereocenters. The molecule has 2 aliphatic heterocycles. The van der Waals surface area contributed by atoms with Gasteiger partial charge in [0.15, 0.2) is 17.3 Å². The Hall–Kier alpha value is -3.84. The zero-order valence-electron chi connectivity index (χ0n) is 20.0. The van der Waals surface area contributed by atoms with Gasteiger partial charge >= 0.3 is 6.29 Å². The summed E-state index contributed by atoms with van der Waals surface area (Å²) >= 11 is 0. The summed E-state index contributed by atoms with van der Waals surface area (Å²) in [6.07, 6.45) is -0.403. The fourth-order valence-electron chi connectivity index (χ4n) is 4.90. The van der Waals surface area contributed by atoms with Crippen LogP contribution in [0.2, 0.25) is 0 Å². The number of hydrogen-bond donors (Lipinski definition) is 0. The number of sulfonamides is 1. The monoisotopic (exact) mass is 546 g/mol. The molecule has 1 saturated heterocycles. The van der Waals surface area contributed by atoms with Crippen LogP contribution < -0.4 is 14.2 Å². The summed E-state index contributed by atoms with van der Waals surface area (Å²) < 4.78 is 85.5. The molecule has 2 aromatic carbocycles. The van der Waals surface area contributed by atoms with E-state index in [1.54, 1.807) is 25.3 Å². The predicted molar refractivity (Wildman–Crippen MR) is 129 cm³/mol. The Balaban J connectivity index is 1.30. The molecule has 13 heteroatoms. The molecule has 4 heterocycles. The van der Waals surface area contributed by atoms with E-state index in [9.17, 15) is 21.6 Å². The molecule has 6 rings (SSSR count). The average molecular weight is 547 g/mol. The highest BCUT2D eigenvalue weighted by molar-refractivity contribution is 7.89. The normalized spacial score (nSPS) is 17.7. The van der Waals surface area contributed by atoms with Crippen LogP contribution in [0.25, 0.3) is 22.4 Å². The van der Waals surface area contributed by atoms with E-state index >= 15 is 0 Å². The number of alkyl halides is 2. The van der Waals surface area contributed by atoms with Crippen LogP contribution in [0.4, 0.5) is 13.2 Å². The van der Waals surface area contributed by atoms with Crippen molar-refractivity contribution in [3.05, 3.63) is 60.7 Å². The van der Waals surface area contributed by atoms with Gasteiger partial charge in [-0.25, -0.2) is 17.8 Å². The molecule has 4 aromatic rings. The third kappa shape index (κ3) is 4.11. The minimum absolute atomic E-state index is 0.158.